The summed E-state index contributed by atoms with van der Waals surface area (Å²) in [6.07, 6.45) is -0.195. The first-order valence-electron chi connectivity index (χ1n) is 10.4. The van der Waals surface area contributed by atoms with Crippen molar-refractivity contribution in [2.24, 2.45) is 35.5 Å². The Hall–Kier alpha value is -2.84. The van der Waals surface area contributed by atoms with Gasteiger partial charge in [-0.2, -0.15) is 13.2 Å². The van der Waals surface area contributed by atoms with E-state index in [2.05, 4.69) is 0 Å². The van der Waals surface area contributed by atoms with Gasteiger partial charge in [-0.25, -0.2) is 0 Å². The largest absolute Gasteiger partial charge is 0.494 e. The Balaban J connectivity index is 1.44. The van der Waals surface area contributed by atoms with Crippen molar-refractivity contribution >= 4 is 23.4 Å². The fourth-order valence-electron chi connectivity index (χ4n) is 5.60. The smallest absolute Gasteiger partial charge is 0.471 e. The van der Waals surface area contributed by atoms with Gasteiger partial charge >= 0.3 is 12.1 Å². The Labute approximate surface area is 176 Å². The highest BCUT2D eigenvalue weighted by atomic mass is 19.4. The third-order valence-electron chi connectivity index (χ3n) is 6.98. The van der Waals surface area contributed by atoms with E-state index in [9.17, 15) is 27.6 Å². The Morgan fingerprint density at radius 3 is 2.10 bits per heavy atom. The zero-order valence-electron chi connectivity index (χ0n) is 16.7. The number of nitrogens with zero attached hydrogens (tertiary/aromatic N) is 2. The van der Waals surface area contributed by atoms with Crippen molar-refractivity contribution < 1.29 is 32.3 Å². The number of benzene rings is 1. The molecule has 6 nitrogen and oxygen atoms in total. The lowest BCUT2D eigenvalue weighted by atomic mass is 9.63. The molecule has 0 N–H and O–H groups in total. The molecular formula is C22H21F3N2O4. The van der Waals surface area contributed by atoms with Crippen LogP contribution in [0.1, 0.15) is 13.3 Å². The van der Waals surface area contributed by atoms with Gasteiger partial charge in [0.2, 0.25) is 11.8 Å². The molecule has 1 saturated heterocycles. The molecular weight excluding hydrogens is 413 g/mol. The number of hydrogen-bond donors (Lipinski definition) is 0. The second-order valence-electron chi connectivity index (χ2n) is 8.56. The second kappa shape index (κ2) is 6.83. The van der Waals surface area contributed by atoms with Crippen LogP contribution in [0.4, 0.5) is 18.9 Å². The number of hydrogen-bond acceptors (Lipinski definition) is 4. The highest BCUT2D eigenvalue weighted by Crippen LogP contribution is 2.65. The van der Waals surface area contributed by atoms with Crippen LogP contribution < -0.4 is 9.64 Å². The summed E-state index contributed by atoms with van der Waals surface area (Å²) in [5.74, 6) is -3.04. The van der Waals surface area contributed by atoms with E-state index in [1.807, 2.05) is 12.2 Å². The van der Waals surface area contributed by atoms with Crippen molar-refractivity contribution in [3.63, 3.8) is 0 Å². The number of imide groups is 1. The van der Waals surface area contributed by atoms with Gasteiger partial charge in [0.15, 0.2) is 0 Å². The van der Waals surface area contributed by atoms with E-state index in [-0.39, 0.29) is 17.5 Å². The monoisotopic (exact) mass is 434 g/mol. The van der Waals surface area contributed by atoms with Gasteiger partial charge in [-0.1, -0.05) is 12.2 Å². The molecule has 0 spiro atoms. The van der Waals surface area contributed by atoms with Crippen molar-refractivity contribution in [1.82, 2.24) is 4.90 Å². The lowest BCUT2D eigenvalue weighted by Gasteiger charge is -2.37. The van der Waals surface area contributed by atoms with E-state index in [1.54, 1.807) is 6.92 Å². The zero-order valence-corrected chi connectivity index (χ0v) is 16.7. The number of likely N-dealkylation sites (tertiary alicyclic amines) is 1. The SMILES string of the molecule is CCOc1ccc(N(CN2C(=O)[C@@H]3[C@H]4C=C[C@@H]([C@@H]5C[C@H]45)[C@H]3C2=O)C(=O)C(F)(F)F)cc1. The third-order valence-corrected chi connectivity index (χ3v) is 6.98. The van der Waals surface area contributed by atoms with Gasteiger partial charge in [-0.3, -0.25) is 24.2 Å². The lowest BCUT2D eigenvalue weighted by molar-refractivity contribution is -0.171. The molecule has 9 heteroatoms. The predicted molar refractivity (Wildman–Crippen MR) is 103 cm³/mol. The molecule has 3 amide bonds. The Bertz CT molecular complexity index is 938. The third kappa shape index (κ3) is 3.04. The Kier molecular flexibility index (Phi) is 4.43. The highest BCUT2D eigenvalue weighted by Gasteiger charge is 2.67. The van der Waals surface area contributed by atoms with Crippen LogP contribution in [-0.2, 0) is 14.4 Å². The maximum absolute atomic E-state index is 13.3. The first-order valence-corrected chi connectivity index (χ1v) is 10.4. The predicted octanol–water partition coefficient (Wildman–Crippen LogP) is 2.99. The summed E-state index contributed by atoms with van der Waals surface area (Å²) in [7, 11) is 0. The maximum atomic E-state index is 13.3. The van der Waals surface area contributed by atoms with Crippen LogP contribution >= 0.6 is 0 Å². The average Bonchev–Trinajstić information content (AvgIpc) is 3.52. The molecule has 6 rings (SSSR count). The van der Waals surface area contributed by atoms with Crippen molar-refractivity contribution in [3.05, 3.63) is 36.4 Å². The summed E-state index contributed by atoms with van der Waals surface area (Å²) in [6.45, 7) is 1.39. The molecule has 1 aliphatic heterocycles. The molecule has 31 heavy (non-hydrogen) atoms. The number of amides is 3. The van der Waals surface area contributed by atoms with Crippen LogP contribution in [-0.4, -0.2) is 42.1 Å². The normalized spacial score (nSPS) is 32.7. The quantitative estimate of drug-likeness (QED) is 0.528. The molecule has 5 aliphatic rings. The molecule has 1 aromatic rings. The van der Waals surface area contributed by atoms with Gasteiger partial charge in [0.05, 0.1) is 18.4 Å². The van der Waals surface area contributed by atoms with Crippen LogP contribution in [0.25, 0.3) is 0 Å². The minimum absolute atomic E-state index is 0.0429. The number of allylic oxidation sites excluding steroid dienone is 2. The van der Waals surface area contributed by atoms with E-state index < -0.39 is 42.4 Å². The first kappa shape index (κ1) is 20.1. The minimum Gasteiger partial charge on any atom is -0.494 e. The van der Waals surface area contributed by atoms with Crippen molar-refractivity contribution in [2.45, 2.75) is 19.5 Å². The van der Waals surface area contributed by atoms with Crippen LogP contribution in [0.15, 0.2) is 36.4 Å². The molecule has 1 heterocycles. The summed E-state index contributed by atoms with van der Waals surface area (Å²) in [4.78, 5) is 39.7. The summed E-state index contributed by atoms with van der Waals surface area (Å²) in [5, 5.41) is 0. The van der Waals surface area contributed by atoms with E-state index >= 15 is 0 Å². The zero-order chi connectivity index (χ0) is 22.1. The molecule has 3 fully saturated rings. The van der Waals surface area contributed by atoms with Gasteiger partial charge in [-0.05, 0) is 61.3 Å². The molecule has 164 valence electrons. The molecule has 2 bridgehead atoms. The Morgan fingerprint density at radius 1 is 1.06 bits per heavy atom. The molecule has 6 atom stereocenters. The lowest BCUT2D eigenvalue weighted by Crippen LogP contribution is -2.49. The van der Waals surface area contributed by atoms with Gasteiger partial charge in [0, 0.05) is 5.69 Å². The van der Waals surface area contributed by atoms with E-state index in [0.29, 0.717) is 29.1 Å². The molecule has 0 unspecified atom stereocenters. The molecule has 1 aromatic carbocycles. The van der Waals surface area contributed by atoms with Gasteiger partial charge < -0.3 is 4.74 Å². The summed E-state index contributed by atoms with van der Waals surface area (Å²) in [5.41, 5.74) is -0.0646. The van der Waals surface area contributed by atoms with Gasteiger partial charge in [0.25, 0.3) is 0 Å². The fourth-order valence-corrected chi connectivity index (χ4v) is 5.60. The topological polar surface area (TPSA) is 66.9 Å². The van der Waals surface area contributed by atoms with Gasteiger partial charge in [-0.15, -0.1) is 0 Å². The number of ether oxygens (including phenoxy) is 1. The molecule has 2 saturated carbocycles. The van der Waals surface area contributed by atoms with E-state index in [4.69, 9.17) is 4.74 Å². The van der Waals surface area contributed by atoms with Crippen molar-refractivity contribution in [3.8, 4) is 5.75 Å². The van der Waals surface area contributed by atoms with Crippen molar-refractivity contribution in [1.29, 1.82) is 0 Å². The molecule has 4 aliphatic carbocycles. The number of rotatable bonds is 5. The molecule has 0 aromatic heterocycles. The van der Waals surface area contributed by atoms with Gasteiger partial charge in [0.1, 0.15) is 12.4 Å². The summed E-state index contributed by atoms with van der Waals surface area (Å²) < 4.78 is 45.3. The van der Waals surface area contributed by atoms with Crippen molar-refractivity contribution in [2.75, 3.05) is 18.2 Å². The first-order chi connectivity index (χ1) is 14.7. The molecule has 0 radical (unpaired) electrons. The average molecular weight is 434 g/mol. The number of carbonyl (C=O) groups excluding carboxylic acids is 3. The van der Waals surface area contributed by atoms with E-state index in [1.165, 1.54) is 24.3 Å². The number of halogens is 3. The van der Waals surface area contributed by atoms with Crippen LogP contribution in [0, 0.1) is 35.5 Å². The number of alkyl halides is 3. The van der Waals surface area contributed by atoms with E-state index in [0.717, 1.165) is 11.3 Å². The number of anilines is 1. The fraction of sp³-hybridized carbons (Fsp3) is 0.500. The van der Waals surface area contributed by atoms with Crippen LogP contribution in [0.2, 0.25) is 0 Å². The summed E-state index contributed by atoms with van der Waals surface area (Å²) >= 11 is 0. The van der Waals surface area contributed by atoms with Crippen LogP contribution in [0.3, 0.4) is 0 Å². The maximum Gasteiger partial charge on any atom is 0.471 e. The number of carbonyl (C=O) groups is 3. The highest BCUT2D eigenvalue weighted by molar-refractivity contribution is 6.07. The Morgan fingerprint density at radius 2 is 1.61 bits per heavy atom. The summed E-state index contributed by atoms with van der Waals surface area (Å²) in [6, 6.07) is 5.52. The standard InChI is InChI=1S/C22H21F3N2O4/c1-2-31-12-5-3-11(4-6-12)26(21(30)22(23,24)25)10-27-19(28)17-13-7-8-14(16-9-15(13)16)18(17)20(27)29/h3-8,13-18H,2,9-10H2,1H3/t13-,14-,15-,16+,17+,18+/m0/s1. The second-order valence-corrected chi connectivity index (χ2v) is 8.56. The minimum atomic E-state index is -5.15. The van der Waals surface area contributed by atoms with Crippen LogP contribution in [0.5, 0.6) is 5.75 Å².